The second-order valence-corrected chi connectivity index (χ2v) is 6.95. The van der Waals surface area contributed by atoms with Crippen LogP contribution in [0.4, 0.5) is 22.0 Å². The molecule has 0 spiro atoms. The van der Waals surface area contributed by atoms with Crippen LogP contribution < -0.4 is 10.3 Å². The van der Waals surface area contributed by atoms with Gasteiger partial charge >= 0.3 is 6.18 Å². The molecule has 1 saturated heterocycles. The maximum atomic E-state index is 13.3. The van der Waals surface area contributed by atoms with E-state index in [0.717, 1.165) is 18.2 Å². The third-order valence-corrected chi connectivity index (χ3v) is 4.74. The third kappa shape index (κ3) is 5.14. The van der Waals surface area contributed by atoms with Gasteiger partial charge in [0.1, 0.15) is 5.75 Å². The second-order valence-electron chi connectivity index (χ2n) is 6.95. The van der Waals surface area contributed by atoms with E-state index in [1.54, 1.807) is 4.90 Å². The normalized spacial score (nSPS) is 16.7. The molecular formula is C19H20F5N3O3. The third-order valence-electron chi connectivity index (χ3n) is 4.74. The zero-order valence-electron chi connectivity index (χ0n) is 16.1. The predicted molar refractivity (Wildman–Crippen MR) is 97.4 cm³/mol. The van der Waals surface area contributed by atoms with Crippen molar-refractivity contribution in [2.45, 2.75) is 25.1 Å². The van der Waals surface area contributed by atoms with Gasteiger partial charge in [-0.1, -0.05) is 0 Å². The molecule has 2 aromatic rings. The fourth-order valence-corrected chi connectivity index (χ4v) is 3.20. The van der Waals surface area contributed by atoms with Crippen LogP contribution >= 0.6 is 0 Å². The Kier molecular flexibility index (Phi) is 6.41. The lowest BCUT2D eigenvalue weighted by molar-refractivity contribution is -0.137. The largest absolute Gasteiger partial charge is 0.467 e. The number of nitrogens with zero attached hydrogens (tertiary/aromatic N) is 3. The molecule has 30 heavy (non-hydrogen) atoms. The summed E-state index contributed by atoms with van der Waals surface area (Å²) in [5.74, 6) is -2.92. The lowest BCUT2D eigenvalue weighted by Gasteiger charge is -2.17. The Balaban J connectivity index is 1.88. The molecule has 0 bridgehead atoms. The van der Waals surface area contributed by atoms with Crippen molar-refractivity contribution in [2.24, 2.45) is 0 Å². The average Bonchev–Trinajstić information content (AvgIpc) is 3.03. The summed E-state index contributed by atoms with van der Waals surface area (Å²) in [4.78, 5) is 18.4. The smallest absolute Gasteiger partial charge is 0.416 e. The first-order chi connectivity index (χ1) is 14.1. The van der Waals surface area contributed by atoms with Gasteiger partial charge in [0, 0.05) is 44.9 Å². The van der Waals surface area contributed by atoms with Gasteiger partial charge in [-0.15, -0.1) is 0 Å². The number of ether oxygens (including phenoxy) is 2. The molecule has 0 atom stereocenters. The minimum Gasteiger partial charge on any atom is -0.467 e. The van der Waals surface area contributed by atoms with E-state index < -0.39 is 23.2 Å². The first-order valence-electron chi connectivity index (χ1n) is 9.09. The minimum atomic E-state index is -4.59. The molecule has 0 aliphatic carbocycles. The molecule has 164 valence electrons. The molecule has 11 heteroatoms. The van der Waals surface area contributed by atoms with E-state index >= 15 is 0 Å². The van der Waals surface area contributed by atoms with E-state index in [9.17, 15) is 26.7 Å². The molecule has 2 heterocycles. The summed E-state index contributed by atoms with van der Waals surface area (Å²) in [5.41, 5.74) is -1.29. The van der Waals surface area contributed by atoms with Gasteiger partial charge in [-0.3, -0.25) is 14.3 Å². The maximum absolute atomic E-state index is 13.3. The topological polar surface area (TPSA) is 56.6 Å². The van der Waals surface area contributed by atoms with Gasteiger partial charge in [0.2, 0.25) is 0 Å². The zero-order valence-corrected chi connectivity index (χ0v) is 16.1. The summed E-state index contributed by atoms with van der Waals surface area (Å²) in [5, 5.41) is 0. The van der Waals surface area contributed by atoms with E-state index in [2.05, 4.69) is 4.98 Å². The minimum absolute atomic E-state index is 0.0316. The van der Waals surface area contributed by atoms with Crippen LogP contribution in [-0.4, -0.2) is 53.9 Å². The average molecular weight is 433 g/mol. The van der Waals surface area contributed by atoms with Crippen molar-refractivity contribution in [3.63, 3.8) is 0 Å². The lowest BCUT2D eigenvalue weighted by atomic mass is 10.0. The van der Waals surface area contributed by atoms with Crippen molar-refractivity contribution in [1.29, 1.82) is 0 Å². The van der Waals surface area contributed by atoms with E-state index in [0.29, 0.717) is 0 Å². The summed E-state index contributed by atoms with van der Waals surface area (Å²) in [7, 11) is 1.31. The van der Waals surface area contributed by atoms with Crippen LogP contribution in [-0.2, 0) is 17.5 Å². The maximum Gasteiger partial charge on any atom is 0.416 e. The van der Waals surface area contributed by atoms with Gasteiger partial charge < -0.3 is 9.47 Å². The highest BCUT2D eigenvalue weighted by Crippen LogP contribution is 2.36. The number of benzene rings is 1. The van der Waals surface area contributed by atoms with E-state index in [4.69, 9.17) is 9.47 Å². The summed E-state index contributed by atoms with van der Waals surface area (Å²) >= 11 is 0. The van der Waals surface area contributed by atoms with Crippen molar-refractivity contribution >= 4 is 0 Å². The molecule has 0 unspecified atom stereocenters. The number of hydrogen-bond acceptors (Lipinski definition) is 5. The molecule has 1 aliphatic heterocycles. The SMILES string of the molecule is COCOc1cc(C(F)(F)F)ccc1-c1cncn(CCN2CCC(F)(F)C2)c1=O. The van der Waals surface area contributed by atoms with Crippen LogP contribution in [0.5, 0.6) is 5.75 Å². The number of rotatable bonds is 7. The number of aromatic nitrogens is 2. The van der Waals surface area contributed by atoms with Crippen molar-refractivity contribution in [3.05, 3.63) is 46.6 Å². The number of alkyl halides is 5. The lowest BCUT2D eigenvalue weighted by Crippen LogP contribution is -2.32. The highest BCUT2D eigenvalue weighted by Gasteiger charge is 2.37. The summed E-state index contributed by atoms with van der Waals surface area (Å²) < 4.78 is 77.0. The van der Waals surface area contributed by atoms with E-state index in [-0.39, 0.29) is 56.3 Å². The molecule has 1 aromatic carbocycles. The second kappa shape index (κ2) is 8.68. The van der Waals surface area contributed by atoms with Gasteiger partial charge in [-0.05, 0) is 18.2 Å². The molecule has 0 radical (unpaired) electrons. The Bertz CT molecular complexity index is 946. The van der Waals surface area contributed by atoms with Gasteiger partial charge in [0.25, 0.3) is 11.5 Å². The molecule has 1 aromatic heterocycles. The van der Waals surface area contributed by atoms with Crippen LogP contribution in [0.15, 0.2) is 35.5 Å². The van der Waals surface area contributed by atoms with E-state index in [1.807, 2.05) is 0 Å². The van der Waals surface area contributed by atoms with Crippen LogP contribution in [0.25, 0.3) is 11.1 Å². The Morgan fingerprint density at radius 1 is 1.20 bits per heavy atom. The number of hydrogen-bond donors (Lipinski definition) is 0. The summed E-state index contributed by atoms with van der Waals surface area (Å²) in [6.45, 7) is -0.122. The number of methoxy groups -OCH3 is 1. The van der Waals surface area contributed by atoms with Crippen LogP contribution in [0, 0.1) is 0 Å². The van der Waals surface area contributed by atoms with Crippen LogP contribution in [0.2, 0.25) is 0 Å². The Hall–Kier alpha value is -2.53. The van der Waals surface area contributed by atoms with Crippen LogP contribution in [0.1, 0.15) is 12.0 Å². The molecule has 0 amide bonds. The monoisotopic (exact) mass is 433 g/mol. The van der Waals surface area contributed by atoms with Crippen molar-refractivity contribution in [3.8, 4) is 16.9 Å². The van der Waals surface area contributed by atoms with Gasteiger partial charge in [0.15, 0.2) is 6.79 Å². The molecule has 3 rings (SSSR count). The Morgan fingerprint density at radius 3 is 2.60 bits per heavy atom. The van der Waals surface area contributed by atoms with Gasteiger partial charge in [0.05, 0.1) is 24.0 Å². The van der Waals surface area contributed by atoms with Gasteiger partial charge in [-0.2, -0.15) is 13.2 Å². The van der Waals surface area contributed by atoms with Crippen LogP contribution in [0.3, 0.4) is 0 Å². The fraction of sp³-hybridized carbons (Fsp3) is 0.474. The molecule has 1 fully saturated rings. The fourth-order valence-electron chi connectivity index (χ4n) is 3.20. The van der Waals surface area contributed by atoms with Crippen molar-refractivity contribution in [1.82, 2.24) is 14.5 Å². The standard InChI is InChI=1S/C19H20F5N3O3/c1-29-12-30-16-8-13(19(22,23)24)2-3-14(16)15-9-25-11-27(17(15)28)7-6-26-5-4-18(20,21)10-26/h2-3,8-9,11H,4-7,10,12H2,1H3. The van der Waals surface area contributed by atoms with E-state index in [1.165, 1.54) is 24.2 Å². The molecule has 0 N–H and O–H groups in total. The Labute approximate surface area is 168 Å². The van der Waals surface area contributed by atoms with Crippen molar-refractivity contribution < 1.29 is 31.4 Å². The van der Waals surface area contributed by atoms with Gasteiger partial charge in [-0.25, -0.2) is 13.8 Å². The van der Waals surface area contributed by atoms with Crippen molar-refractivity contribution in [2.75, 3.05) is 33.5 Å². The highest BCUT2D eigenvalue weighted by molar-refractivity contribution is 5.69. The quantitative estimate of drug-likeness (QED) is 0.496. The molecular weight excluding hydrogens is 413 g/mol. The highest BCUT2D eigenvalue weighted by atomic mass is 19.4. The first kappa shape index (κ1) is 22.2. The Morgan fingerprint density at radius 2 is 1.97 bits per heavy atom. The number of halogens is 5. The molecule has 0 saturated carbocycles. The summed E-state index contributed by atoms with van der Waals surface area (Å²) in [6.07, 6.45) is -2.33. The molecule has 6 nitrogen and oxygen atoms in total. The predicted octanol–water partition coefficient (Wildman–Crippen LogP) is 3.25. The first-order valence-corrected chi connectivity index (χ1v) is 9.09. The zero-order chi connectivity index (χ0) is 21.9. The molecule has 1 aliphatic rings. The summed E-state index contributed by atoms with van der Waals surface area (Å²) in [6, 6.07) is 2.77. The number of likely N-dealkylation sites (tertiary alicyclic amines) is 1.